The lowest BCUT2D eigenvalue weighted by molar-refractivity contribution is -0.141. The molecule has 0 amide bonds. The standard InChI is InChI=1S/C17H25NO2/c1-5-9-15(16-12-19-17(3,4)20-16)18-13(2)14-10-7-6-8-11-14/h5-8,10-11,13,15-16,18H,1,9,12H2,2-4H3/t13-,15-,16+/m0/s1. The minimum atomic E-state index is -0.484. The van der Waals surface area contributed by atoms with Crippen molar-refractivity contribution in [3.63, 3.8) is 0 Å². The van der Waals surface area contributed by atoms with E-state index in [1.54, 1.807) is 0 Å². The maximum Gasteiger partial charge on any atom is 0.163 e. The maximum absolute atomic E-state index is 5.97. The maximum atomic E-state index is 5.97. The molecular formula is C17H25NO2. The van der Waals surface area contributed by atoms with E-state index in [9.17, 15) is 0 Å². The highest BCUT2D eigenvalue weighted by molar-refractivity contribution is 5.18. The highest BCUT2D eigenvalue weighted by atomic mass is 16.7. The SMILES string of the molecule is C=CC[C@H](N[C@@H](C)c1ccccc1)[C@H]1COC(C)(C)O1. The summed E-state index contributed by atoms with van der Waals surface area (Å²) in [5.74, 6) is -0.484. The third-order valence-corrected chi connectivity index (χ3v) is 3.66. The Balaban J connectivity index is 2.01. The molecule has 1 aliphatic heterocycles. The van der Waals surface area contributed by atoms with E-state index in [1.165, 1.54) is 5.56 Å². The van der Waals surface area contributed by atoms with Crippen LogP contribution in [0.1, 0.15) is 38.8 Å². The third-order valence-electron chi connectivity index (χ3n) is 3.66. The van der Waals surface area contributed by atoms with Crippen LogP contribution in [0.2, 0.25) is 0 Å². The van der Waals surface area contributed by atoms with Crippen LogP contribution in [0.5, 0.6) is 0 Å². The molecule has 0 saturated carbocycles. The molecule has 0 bridgehead atoms. The van der Waals surface area contributed by atoms with E-state index >= 15 is 0 Å². The van der Waals surface area contributed by atoms with Gasteiger partial charge in [0.25, 0.3) is 0 Å². The molecule has 1 saturated heterocycles. The zero-order valence-corrected chi connectivity index (χ0v) is 12.6. The number of nitrogens with one attached hydrogen (secondary N) is 1. The lowest BCUT2D eigenvalue weighted by Gasteiger charge is -2.27. The van der Waals surface area contributed by atoms with E-state index in [0.29, 0.717) is 6.61 Å². The Bertz CT molecular complexity index is 430. The fourth-order valence-electron chi connectivity index (χ4n) is 2.58. The van der Waals surface area contributed by atoms with Gasteiger partial charge in [0, 0.05) is 12.1 Å². The van der Waals surface area contributed by atoms with Gasteiger partial charge in [0.15, 0.2) is 5.79 Å². The number of rotatable bonds is 6. The molecule has 0 aliphatic carbocycles. The molecule has 1 aromatic rings. The van der Waals surface area contributed by atoms with Gasteiger partial charge in [0.2, 0.25) is 0 Å². The molecule has 3 heteroatoms. The Hall–Kier alpha value is -1.16. The van der Waals surface area contributed by atoms with Gasteiger partial charge in [-0.3, -0.25) is 0 Å². The molecule has 0 radical (unpaired) electrons. The summed E-state index contributed by atoms with van der Waals surface area (Å²) in [6, 6.07) is 10.9. The number of benzene rings is 1. The number of hydrogen-bond acceptors (Lipinski definition) is 3. The molecule has 1 aromatic carbocycles. The summed E-state index contributed by atoms with van der Waals surface area (Å²) in [5, 5.41) is 3.64. The van der Waals surface area contributed by atoms with Gasteiger partial charge in [-0.2, -0.15) is 0 Å². The summed E-state index contributed by atoms with van der Waals surface area (Å²) < 4.78 is 11.6. The molecule has 1 heterocycles. The topological polar surface area (TPSA) is 30.5 Å². The average Bonchev–Trinajstić information content (AvgIpc) is 2.79. The molecule has 1 fully saturated rings. The van der Waals surface area contributed by atoms with Gasteiger partial charge >= 0.3 is 0 Å². The van der Waals surface area contributed by atoms with Crippen LogP contribution in [0.25, 0.3) is 0 Å². The van der Waals surface area contributed by atoms with Gasteiger partial charge < -0.3 is 14.8 Å². The minimum Gasteiger partial charge on any atom is -0.348 e. The van der Waals surface area contributed by atoms with E-state index in [0.717, 1.165) is 6.42 Å². The van der Waals surface area contributed by atoms with Crippen LogP contribution in [0.15, 0.2) is 43.0 Å². The first-order chi connectivity index (χ1) is 9.52. The quantitative estimate of drug-likeness (QED) is 0.807. The third kappa shape index (κ3) is 3.92. The molecule has 1 N–H and O–H groups in total. The van der Waals surface area contributed by atoms with Gasteiger partial charge in [0.1, 0.15) is 0 Å². The largest absolute Gasteiger partial charge is 0.348 e. The summed E-state index contributed by atoms with van der Waals surface area (Å²) in [7, 11) is 0. The molecule has 20 heavy (non-hydrogen) atoms. The minimum absolute atomic E-state index is 0.0640. The van der Waals surface area contributed by atoms with Gasteiger partial charge in [0.05, 0.1) is 12.7 Å². The van der Waals surface area contributed by atoms with Crippen molar-refractivity contribution in [3.05, 3.63) is 48.6 Å². The van der Waals surface area contributed by atoms with Crippen LogP contribution < -0.4 is 5.32 Å². The van der Waals surface area contributed by atoms with Crippen molar-refractivity contribution in [1.82, 2.24) is 5.32 Å². The summed E-state index contributed by atoms with van der Waals surface area (Å²) in [4.78, 5) is 0. The van der Waals surface area contributed by atoms with E-state index in [-0.39, 0.29) is 18.2 Å². The second-order valence-corrected chi connectivity index (χ2v) is 5.80. The lowest BCUT2D eigenvalue weighted by Crippen LogP contribution is -2.42. The van der Waals surface area contributed by atoms with E-state index in [1.807, 2.05) is 26.0 Å². The van der Waals surface area contributed by atoms with Crippen LogP contribution in [-0.4, -0.2) is 24.5 Å². The lowest BCUT2D eigenvalue weighted by atomic mass is 10.0. The van der Waals surface area contributed by atoms with Gasteiger partial charge in [-0.25, -0.2) is 0 Å². The van der Waals surface area contributed by atoms with Crippen LogP contribution >= 0.6 is 0 Å². The normalized spacial score (nSPS) is 24.2. The summed E-state index contributed by atoms with van der Waals surface area (Å²) in [5.41, 5.74) is 1.28. The monoisotopic (exact) mass is 275 g/mol. The van der Waals surface area contributed by atoms with Gasteiger partial charge in [-0.05, 0) is 32.8 Å². The molecular weight excluding hydrogens is 250 g/mol. The van der Waals surface area contributed by atoms with E-state index in [4.69, 9.17) is 9.47 Å². The van der Waals surface area contributed by atoms with Gasteiger partial charge in [-0.1, -0.05) is 36.4 Å². The molecule has 3 atom stereocenters. The van der Waals surface area contributed by atoms with Crippen LogP contribution in [0.4, 0.5) is 0 Å². The van der Waals surface area contributed by atoms with Crippen molar-refractivity contribution in [2.75, 3.05) is 6.61 Å². The second-order valence-electron chi connectivity index (χ2n) is 5.80. The molecule has 3 nitrogen and oxygen atoms in total. The first-order valence-electron chi connectivity index (χ1n) is 7.25. The average molecular weight is 275 g/mol. The highest BCUT2D eigenvalue weighted by Crippen LogP contribution is 2.26. The second kappa shape index (κ2) is 6.53. The Labute approximate surface area is 122 Å². The van der Waals surface area contributed by atoms with Crippen molar-refractivity contribution < 1.29 is 9.47 Å². The predicted molar refractivity (Wildman–Crippen MR) is 81.5 cm³/mol. The number of hydrogen-bond donors (Lipinski definition) is 1. The Morgan fingerprint density at radius 1 is 1.40 bits per heavy atom. The molecule has 0 unspecified atom stereocenters. The first kappa shape index (κ1) is 15.2. The van der Waals surface area contributed by atoms with Crippen LogP contribution in [0, 0.1) is 0 Å². The molecule has 110 valence electrons. The zero-order valence-electron chi connectivity index (χ0n) is 12.6. The molecule has 0 spiro atoms. The van der Waals surface area contributed by atoms with Crippen LogP contribution in [0.3, 0.4) is 0 Å². The summed E-state index contributed by atoms with van der Waals surface area (Å²) in [6.45, 7) is 10.6. The zero-order chi connectivity index (χ0) is 14.6. The molecule has 1 aliphatic rings. The Morgan fingerprint density at radius 3 is 2.65 bits per heavy atom. The smallest absolute Gasteiger partial charge is 0.163 e. The highest BCUT2D eigenvalue weighted by Gasteiger charge is 2.37. The van der Waals surface area contributed by atoms with Crippen LogP contribution in [-0.2, 0) is 9.47 Å². The van der Waals surface area contributed by atoms with Crippen molar-refractivity contribution in [3.8, 4) is 0 Å². The Kier molecular flexibility index (Phi) is 4.97. The van der Waals surface area contributed by atoms with Crippen molar-refractivity contribution in [2.24, 2.45) is 0 Å². The van der Waals surface area contributed by atoms with Crippen molar-refractivity contribution >= 4 is 0 Å². The first-order valence-corrected chi connectivity index (χ1v) is 7.25. The predicted octanol–water partition coefficient (Wildman–Crippen LogP) is 3.43. The van der Waals surface area contributed by atoms with Gasteiger partial charge in [-0.15, -0.1) is 6.58 Å². The molecule has 2 rings (SSSR count). The van der Waals surface area contributed by atoms with E-state index < -0.39 is 5.79 Å². The van der Waals surface area contributed by atoms with Crippen molar-refractivity contribution in [1.29, 1.82) is 0 Å². The summed E-state index contributed by atoms with van der Waals surface area (Å²) >= 11 is 0. The fraction of sp³-hybridized carbons (Fsp3) is 0.529. The molecule has 0 aromatic heterocycles. The van der Waals surface area contributed by atoms with Crippen molar-refractivity contribution in [2.45, 2.75) is 51.2 Å². The number of ether oxygens (including phenoxy) is 2. The van der Waals surface area contributed by atoms with E-state index in [2.05, 4.69) is 43.1 Å². The fourth-order valence-corrected chi connectivity index (χ4v) is 2.58. The summed E-state index contributed by atoms with van der Waals surface area (Å²) in [6.07, 6.45) is 2.86. The Morgan fingerprint density at radius 2 is 2.10 bits per heavy atom.